The zero-order valence-corrected chi connectivity index (χ0v) is 27.5. The number of rotatable bonds is 24. The van der Waals surface area contributed by atoms with E-state index in [2.05, 4.69) is 62.4 Å². The van der Waals surface area contributed by atoms with E-state index in [1.807, 2.05) is 0 Å². The molecule has 0 aliphatic heterocycles. The Balaban J connectivity index is 0.00000270. The molecule has 2 aromatic rings. The van der Waals surface area contributed by atoms with E-state index in [-0.39, 0.29) is 29.6 Å². The van der Waals surface area contributed by atoms with Gasteiger partial charge in [-0.25, -0.2) is 0 Å². The van der Waals surface area contributed by atoms with Crippen LogP contribution in [0, 0.1) is 0 Å². The van der Waals surface area contributed by atoms with Crippen LogP contribution in [0.2, 0.25) is 0 Å². The van der Waals surface area contributed by atoms with E-state index in [9.17, 15) is 0 Å². The first kappa shape index (κ1) is 42.1. The first-order valence-electron chi connectivity index (χ1n) is 16.9. The van der Waals surface area contributed by atoms with Gasteiger partial charge in [0, 0.05) is 0 Å². The van der Waals surface area contributed by atoms with Gasteiger partial charge in [0.05, 0.1) is 0 Å². The predicted molar refractivity (Wildman–Crippen MR) is 185 cm³/mol. The molecule has 242 valence electrons. The number of para-hydroxylation sites is 2. The topological polar surface area (TPSA) is 83.8 Å². The number of ether oxygens (including phenoxy) is 1. The molecule has 0 unspecified atom stereocenters. The molecule has 2 N–H and O–H groups in total. The average molecular weight is 629 g/mol. The maximum atomic E-state index is 8.74. The van der Waals surface area contributed by atoms with Crippen molar-refractivity contribution in [1.82, 2.24) is 0 Å². The van der Waals surface area contributed by atoms with Crippen LogP contribution in [0.15, 0.2) is 48.5 Å². The van der Waals surface area contributed by atoms with Gasteiger partial charge in [0.1, 0.15) is 11.5 Å². The third-order valence-corrected chi connectivity index (χ3v) is 7.76. The fourth-order valence-electron chi connectivity index (χ4n) is 5.34. The quantitative estimate of drug-likeness (QED) is 0.0686. The van der Waals surface area contributed by atoms with Crippen molar-refractivity contribution in [2.75, 3.05) is 0 Å². The van der Waals surface area contributed by atoms with Crippen LogP contribution in [0.4, 0.5) is 0 Å². The molecule has 0 fully saturated rings. The monoisotopic (exact) mass is 628 g/mol. The van der Waals surface area contributed by atoms with Gasteiger partial charge in [-0.3, -0.25) is 9.11 Å². The van der Waals surface area contributed by atoms with E-state index in [1.165, 1.54) is 140 Å². The van der Waals surface area contributed by atoms with Crippen molar-refractivity contribution in [3.8, 4) is 11.5 Å². The molecule has 0 saturated carbocycles. The normalized spacial score (nSPS) is 11.0. The number of hydrogen-bond acceptors (Lipinski definition) is 3. The van der Waals surface area contributed by atoms with Crippen molar-refractivity contribution in [3.05, 3.63) is 59.7 Å². The van der Waals surface area contributed by atoms with Crippen molar-refractivity contribution in [2.24, 2.45) is 0 Å². The van der Waals surface area contributed by atoms with Gasteiger partial charge >= 0.3 is 40.0 Å². The second kappa shape index (κ2) is 28.6. The Labute approximate surface area is 286 Å². The molecule has 5 nitrogen and oxygen atoms in total. The predicted octanol–water partition coefficient (Wildman–Crippen LogP) is 11.1. The van der Waals surface area contributed by atoms with Gasteiger partial charge in [0.2, 0.25) is 0 Å². The summed E-state index contributed by atoms with van der Waals surface area (Å²) in [6, 6.07) is 17.4. The van der Waals surface area contributed by atoms with Crippen LogP contribution in [0.1, 0.15) is 153 Å². The second-order valence-corrected chi connectivity index (χ2v) is 12.5. The summed E-state index contributed by atoms with van der Waals surface area (Å²) >= 11 is 0. The fraction of sp³-hybridized carbons (Fsp3) is 0.667. The van der Waals surface area contributed by atoms with Crippen molar-refractivity contribution in [2.45, 2.75) is 155 Å². The molecule has 7 heteroatoms. The summed E-state index contributed by atoms with van der Waals surface area (Å²) in [5.74, 6) is 2.10. The molecule has 0 aliphatic rings. The molecule has 0 radical (unpaired) electrons. The third-order valence-electron chi connectivity index (χ3n) is 7.76. The minimum atomic E-state index is -4.67. The number of benzene rings is 2. The summed E-state index contributed by atoms with van der Waals surface area (Å²) in [5, 5.41) is 0. The second-order valence-electron chi connectivity index (χ2n) is 11.6. The van der Waals surface area contributed by atoms with Crippen molar-refractivity contribution in [3.63, 3.8) is 0 Å². The van der Waals surface area contributed by atoms with Crippen LogP contribution in [0.5, 0.6) is 11.5 Å². The third kappa shape index (κ3) is 26.1. The van der Waals surface area contributed by atoms with Crippen LogP contribution in [0.3, 0.4) is 0 Å². The van der Waals surface area contributed by atoms with Crippen LogP contribution < -0.4 is 4.74 Å². The van der Waals surface area contributed by atoms with Gasteiger partial charge in [-0.2, -0.15) is 8.42 Å². The molecular formula is C36H61NaO5S. The van der Waals surface area contributed by atoms with E-state index < -0.39 is 10.4 Å². The fourth-order valence-corrected chi connectivity index (χ4v) is 5.34. The van der Waals surface area contributed by atoms with Crippen LogP contribution >= 0.6 is 0 Å². The van der Waals surface area contributed by atoms with Gasteiger partial charge in [-0.05, 0) is 48.9 Å². The van der Waals surface area contributed by atoms with E-state index in [1.54, 1.807) is 0 Å². The maximum absolute atomic E-state index is 8.74. The molecule has 43 heavy (non-hydrogen) atoms. The first-order chi connectivity index (χ1) is 20.3. The Hall–Kier alpha value is -0.890. The van der Waals surface area contributed by atoms with Crippen molar-refractivity contribution in [1.29, 1.82) is 0 Å². The number of hydrogen-bond donors (Lipinski definition) is 2. The molecule has 0 amide bonds. The van der Waals surface area contributed by atoms with E-state index in [4.69, 9.17) is 22.3 Å². The summed E-state index contributed by atoms with van der Waals surface area (Å²) in [4.78, 5) is 0. The Morgan fingerprint density at radius 3 is 1.05 bits per heavy atom. The molecule has 0 atom stereocenters. The molecule has 2 aromatic carbocycles. The van der Waals surface area contributed by atoms with Crippen molar-refractivity contribution < 1.29 is 22.3 Å². The molecule has 2 rings (SSSR count). The molecule has 0 heterocycles. The van der Waals surface area contributed by atoms with Crippen LogP contribution in [0.25, 0.3) is 0 Å². The van der Waals surface area contributed by atoms with Crippen LogP contribution in [-0.2, 0) is 23.2 Å². The molecule has 0 aliphatic carbocycles. The van der Waals surface area contributed by atoms with E-state index in [0.717, 1.165) is 24.3 Å². The molecular weight excluding hydrogens is 567 g/mol. The summed E-state index contributed by atoms with van der Waals surface area (Å²) in [5.41, 5.74) is 2.71. The van der Waals surface area contributed by atoms with E-state index >= 15 is 0 Å². The Bertz CT molecular complexity index is 939. The number of aryl methyl sites for hydroxylation is 2. The summed E-state index contributed by atoms with van der Waals surface area (Å²) < 4.78 is 38.1. The zero-order chi connectivity index (χ0) is 30.7. The summed E-state index contributed by atoms with van der Waals surface area (Å²) in [6.45, 7) is 4.59. The molecule has 0 aromatic heterocycles. The standard InChI is InChI=1S/C36H58O.Na.H2O4S.H/c1-3-5-7-9-11-13-15-17-19-21-27-33-29-23-25-31-35(33)37-36-32-26-24-30-34(36)28-22-20-18-16-14-12-10-8-6-4-2;;1-5(2,3)4;/h23-26,29-32H,3-22,27-28H2,1-2H3;;(H2,1,2,3,4);. The summed E-state index contributed by atoms with van der Waals surface area (Å²) in [6.07, 6.45) is 29.9. The average Bonchev–Trinajstić information content (AvgIpc) is 2.96. The Morgan fingerprint density at radius 2 is 0.744 bits per heavy atom. The molecule has 0 spiro atoms. The molecule has 0 saturated heterocycles. The van der Waals surface area contributed by atoms with Gasteiger partial charge in [0.15, 0.2) is 0 Å². The minimum absolute atomic E-state index is 0. The van der Waals surface area contributed by atoms with E-state index in [0.29, 0.717) is 0 Å². The Kier molecular flexibility index (Phi) is 28.0. The zero-order valence-electron chi connectivity index (χ0n) is 26.7. The first-order valence-corrected chi connectivity index (χ1v) is 18.3. The van der Waals surface area contributed by atoms with Crippen LogP contribution in [-0.4, -0.2) is 47.1 Å². The van der Waals surface area contributed by atoms with Gasteiger partial charge in [-0.15, -0.1) is 0 Å². The van der Waals surface area contributed by atoms with Gasteiger partial charge < -0.3 is 4.74 Å². The number of unbranched alkanes of at least 4 members (excludes halogenated alkanes) is 18. The van der Waals surface area contributed by atoms with Gasteiger partial charge in [0.25, 0.3) is 0 Å². The SMILES string of the molecule is CCCCCCCCCCCCc1ccccc1Oc1ccccc1CCCCCCCCCCCC.O=S(=O)(O)O.[NaH]. The summed E-state index contributed by atoms with van der Waals surface area (Å²) in [7, 11) is -4.67. The van der Waals surface area contributed by atoms with Crippen molar-refractivity contribution >= 4 is 40.0 Å². The molecule has 0 bridgehead atoms. The Morgan fingerprint density at radius 1 is 0.488 bits per heavy atom. The van der Waals surface area contributed by atoms with Gasteiger partial charge in [-0.1, -0.05) is 166 Å².